The van der Waals surface area contributed by atoms with E-state index in [0.717, 1.165) is 17.7 Å². The molecule has 52 heavy (non-hydrogen) atoms. The zero-order valence-electron chi connectivity index (χ0n) is 27.5. The Morgan fingerprint density at radius 3 is 1.94 bits per heavy atom. The van der Waals surface area contributed by atoms with E-state index in [1.807, 2.05) is 13.8 Å². The number of pyridine rings is 1. The average Bonchev–Trinajstić information content (AvgIpc) is 3.05. The monoisotopic (exact) mass is 752 g/mol. The van der Waals surface area contributed by atoms with E-state index in [1.54, 1.807) is 18.2 Å². The standard InChI is InChI=1S/C36H33F9N2O4.Na.H/c1-21(2)23-6-10-31(50-3)30(16-23)29-9-7-25(34(37,38)39)15-24(29)20-47(32-11-8-28(18-46-32)51-12-4-5-33(48)49)19-22-13-26(35(40,41)42)17-27(14-22)36(43,44)45;;/h6-11,13-18,21H,4-5,12,19-20H2,1-3H3,(H,48,49);;. The number of carboxylic acid groups (broad SMARTS) is 1. The minimum atomic E-state index is -5.13. The van der Waals surface area contributed by atoms with Crippen LogP contribution in [0.3, 0.4) is 0 Å². The Hall–Kier alpha value is -3.95. The van der Waals surface area contributed by atoms with Crippen molar-refractivity contribution in [1.82, 2.24) is 4.98 Å². The zero-order valence-corrected chi connectivity index (χ0v) is 27.5. The van der Waals surface area contributed by atoms with Gasteiger partial charge in [0.2, 0.25) is 0 Å². The Balaban J connectivity index is 0.00000729. The molecule has 16 heteroatoms. The minimum absolute atomic E-state index is 0. The summed E-state index contributed by atoms with van der Waals surface area (Å²) in [6, 6.07) is 12.0. The van der Waals surface area contributed by atoms with E-state index in [-0.39, 0.29) is 83.7 Å². The number of benzene rings is 3. The topological polar surface area (TPSA) is 71.9 Å². The molecule has 0 aliphatic heterocycles. The van der Waals surface area contributed by atoms with Gasteiger partial charge in [-0.3, -0.25) is 4.79 Å². The maximum absolute atomic E-state index is 14.0. The Morgan fingerprint density at radius 1 is 0.788 bits per heavy atom. The van der Waals surface area contributed by atoms with Crippen molar-refractivity contribution in [3.63, 3.8) is 0 Å². The van der Waals surface area contributed by atoms with Crippen molar-refractivity contribution < 1.29 is 58.9 Å². The summed E-state index contributed by atoms with van der Waals surface area (Å²) >= 11 is 0. The number of rotatable bonds is 13. The van der Waals surface area contributed by atoms with Crippen molar-refractivity contribution in [2.75, 3.05) is 18.6 Å². The molecule has 0 fully saturated rings. The van der Waals surface area contributed by atoms with Gasteiger partial charge in [-0.2, -0.15) is 39.5 Å². The number of aliphatic carboxylic acids is 1. The number of nitrogens with zero attached hydrogens (tertiary/aromatic N) is 2. The fourth-order valence-corrected chi connectivity index (χ4v) is 5.27. The Morgan fingerprint density at radius 2 is 1.42 bits per heavy atom. The number of aromatic nitrogens is 1. The molecule has 0 atom stereocenters. The number of methoxy groups -OCH3 is 1. The van der Waals surface area contributed by atoms with Gasteiger partial charge < -0.3 is 19.5 Å². The van der Waals surface area contributed by atoms with E-state index in [9.17, 15) is 44.3 Å². The molecule has 0 saturated heterocycles. The molecule has 1 aromatic heterocycles. The molecule has 3 aromatic carbocycles. The Bertz CT molecular complexity index is 1790. The molecule has 1 heterocycles. The first-order valence-corrected chi connectivity index (χ1v) is 15.5. The summed E-state index contributed by atoms with van der Waals surface area (Å²) in [5.41, 5.74) is -3.01. The van der Waals surface area contributed by atoms with Crippen LogP contribution >= 0.6 is 0 Å². The number of ether oxygens (including phenoxy) is 2. The number of hydrogen-bond acceptors (Lipinski definition) is 5. The van der Waals surface area contributed by atoms with E-state index >= 15 is 0 Å². The summed E-state index contributed by atoms with van der Waals surface area (Å²) in [5.74, 6) is -0.528. The average molecular weight is 753 g/mol. The number of carbonyl (C=O) groups is 1. The van der Waals surface area contributed by atoms with Crippen molar-refractivity contribution >= 4 is 41.3 Å². The summed E-state index contributed by atoms with van der Waals surface area (Å²) < 4.78 is 136. The quantitative estimate of drug-likeness (QED) is 0.0834. The predicted molar refractivity (Wildman–Crippen MR) is 178 cm³/mol. The molecule has 0 saturated carbocycles. The second kappa shape index (κ2) is 17.3. The van der Waals surface area contributed by atoms with Gasteiger partial charge in [0.25, 0.3) is 0 Å². The number of alkyl halides is 9. The molecular formula is C36H34F9N2NaO4. The van der Waals surface area contributed by atoms with E-state index < -0.39 is 59.8 Å². The summed E-state index contributed by atoms with van der Waals surface area (Å²) in [5, 5.41) is 8.83. The van der Waals surface area contributed by atoms with Crippen molar-refractivity contribution in [2.45, 2.75) is 64.2 Å². The van der Waals surface area contributed by atoms with Crippen LogP contribution in [0, 0.1) is 0 Å². The van der Waals surface area contributed by atoms with Crippen LogP contribution in [0.5, 0.6) is 11.5 Å². The summed E-state index contributed by atoms with van der Waals surface area (Å²) in [6.45, 7) is 2.76. The van der Waals surface area contributed by atoms with Gasteiger partial charge in [-0.25, -0.2) is 4.98 Å². The fourth-order valence-electron chi connectivity index (χ4n) is 5.27. The molecule has 6 nitrogen and oxygen atoms in total. The maximum atomic E-state index is 14.0. The van der Waals surface area contributed by atoms with Gasteiger partial charge in [0.05, 0.1) is 36.6 Å². The molecule has 0 amide bonds. The molecule has 0 unspecified atom stereocenters. The third-order valence-corrected chi connectivity index (χ3v) is 7.84. The van der Waals surface area contributed by atoms with Crippen molar-refractivity contribution in [3.05, 3.63) is 106 Å². The van der Waals surface area contributed by atoms with Crippen LogP contribution in [-0.2, 0) is 36.4 Å². The fraction of sp³-hybridized carbons (Fsp3) is 0.333. The molecule has 0 radical (unpaired) electrons. The van der Waals surface area contributed by atoms with E-state index in [1.165, 1.54) is 36.4 Å². The molecule has 276 valence electrons. The molecule has 0 bridgehead atoms. The van der Waals surface area contributed by atoms with Gasteiger partial charge in [0.15, 0.2) is 0 Å². The second-order valence-corrected chi connectivity index (χ2v) is 12.0. The predicted octanol–water partition coefficient (Wildman–Crippen LogP) is 9.74. The van der Waals surface area contributed by atoms with Gasteiger partial charge in [0.1, 0.15) is 17.3 Å². The molecule has 0 aliphatic rings. The number of anilines is 1. The van der Waals surface area contributed by atoms with Crippen molar-refractivity contribution in [1.29, 1.82) is 0 Å². The van der Waals surface area contributed by atoms with Crippen molar-refractivity contribution in [3.8, 4) is 22.6 Å². The van der Waals surface area contributed by atoms with Crippen LogP contribution in [0.15, 0.2) is 72.9 Å². The third-order valence-electron chi connectivity index (χ3n) is 7.84. The van der Waals surface area contributed by atoms with Crippen LogP contribution < -0.4 is 14.4 Å². The molecule has 1 N–H and O–H groups in total. The summed E-state index contributed by atoms with van der Waals surface area (Å²) in [7, 11) is 1.38. The zero-order chi connectivity index (χ0) is 37.7. The van der Waals surface area contributed by atoms with E-state index in [2.05, 4.69) is 4.98 Å². The third kappa shape index (κ3) is 11.3. The van der Waals surface area contributed by atoms with E-state index in [4.69, 9.17) is 14.6 Å². The Kier molecular flexibility index (Phi) is 14.1. The summed E-state index contributed by atoms with van der Waals surface area (Å²) in [4.78, 5) is 16.3. The molecule has 4 aromatic rings. The first kappa shape index (κ1) is 42.5. The summed E-state index contributed by atoms with van der Waals surface area (Å²) in [6.07, 6.45) is -13.8. The first-order chi connectivity index (χ1) is 23.8. The van der Waals surface area contributed by atoms with Gasteiger partial charge in [-0.1, -0.05) is 26.0 Å². The van der Waals surface area contributed by atoms with E-state index in [0.29, 0.717) is 23.4 Å². The molecular weight excluding hydrogens is 718 g/mol. The SMILES string of the molecule is COc1ccc(C(C)C)cc1-c1ccc(C(F)(F)F)cc1CN(Cc1cc(C(F)(F)F)cc(C(F)(F)F)c1)c1ccc(OCCCC(=O)O)cn1.[NaH]. The molecule has 0 aliphatic carbocycles. The van der Waals surface area contributed by atoms with Crippen LogP contribution in [0.1, 0.15) is 66.0 Å². The van der Waals surface area contributed by atoms with Crippen LogP contribution in [0.25, 0.3) is 11.1 Å². The number of halogens is 9. The van der Waals surface area contributed by atoms with Gasteiger partial charge >= 0.3 is 54.1 Å². The number of carboxylic acids is 1. The number of hydrogen-bond donors (Lipinski definition) is 1. The van der Waals surface area contributed by atoms with Gasteiger partial charge in [-0.15, -0.1) is 0 Å². The van der Waals surface area contributed by atoms with Crippen LogP contribution in [-0.4, -0.2) is 59.3 Å². The molecule has 4 rings (SSSR count). The van der Waals surface area contributed by atoms with Crippen LogP contribution in [0.4, 0.5) is 45.3 Å². The normalized spacial score (nSPS) is 12.0. The Labute approximate surface area is 315 Å². The van der Waals surface area contributed by atoms with Gasteiger partial charge in [-0.05, 0) is 89.2 Å². The van der Waals surface area contributed by atoms with Gasteiger partial charge in [0, 0.05) is 25.1 Å². The second-order valence-electron chi connectivity index (χ2n) is 12.0. The first-order valence-electron chi connectivity index (χ1n) is 15.5. The molecule has 0 spiro atoms. The van der Waals surface area contributed by atoms with Crippen molar-refractivity contribution in [2.24, 2.45) is 0 Å². The van der Waals surface area contributed by atoms with Crippen LogP contribution in [0.2, 0.25) is 0 Å².